The number of hydrogen-bond donors (Lipinski definition) is 0. The van der Waals surface area contributed by atoms with E-state index in [1.807, 2.05) is 0 Å². The van der Waals surface area contributed by atoms with Crippen LogP contribution in [0.3, 0.4) is 0 Å². The van der Waals surface area contributed by atoms with Crippen LogP contribution in [0.1, 0.15) is 47.9 Å². The molecule has 1 saturated carbocycles. The molecule has 2 heteroatoms. The highest BCUT2D eigenvalue weighted by molar-refractivity contribution is 6.26. The zero-order valence-corrected chi connectivity index (χ0v) is 20.1. The van der Waals surface area contributed by atoms with Gasteiger partial charge < -0.3 is 4.40 Å². The highest BCUT2D eigenvalue weighted by atomic mass is 15.0. The van der Waals surface area contributed by atoms with Crippen molar-refractivity contribution in [1.29, 1.82) is 0 Å². The largest absolute Gasteiger partial charge is 0.307 e. The predicted octanol–water partition coefficient (Wildman–Crippen LogP) is 7.47. The fraction of sp³-hybridized carbons (Fsp3) is 0.323. The van der Waals surface area contributed by atoms with Crippen LogP contribution in [-0.2, 0) is 13.5 Å². The van der Waals surface area contributed by atoms with Crippen LogP contribution in [0.25, 0.3) is 49.0 Å². The minimum absolute atomic E-state index is 0.845. The van der Waals surface area contributed by atoms with Crippen molar-refractivity contribution in [2.24, 2.45) is 13.0 Å². The molecule has 1 fully saturated rings. The van der Waals surface area contributed by atoms with Gasteiger partial charge in [0.05, 0.1) is 27.3 Å². The summed E-state index contributed by atoms with van der Waals surface area (Å²) >= 11 is 0. The van der Waals surface area contributed by atoms with Crippen LogP contribution in [0.15, 0.2) is 48.7 Å². The zero-order chi connectivity index (χ0) is 22.4. The second-order valence-electron chi connectivity index (χ2n) is 10.6. The molecule has 0 spiro atoms. The molecule has 0 saturated heterocycles. The third-order valence-electron chi connectivity index (χ3n) is 8.55. The van der Waals surface area contributed by atoms with Crippen molar-refractivity contribution in [2.45, 2.75) is 52.9 Å². The van der Waals surface area contributed by atoms with E-state index in [9.17, 15) is 0 Å². The van der Waals surface area contributed by atoms with E-state index < -0.39 is 0 Å². The fourth-order valence-electron chi connectivity index (χ4n) is 6.84. The maximum absolute atomic E-state index is 2.61. The molecule has 6 aromatic rings. The lowest BCUT2D eigenvalue weighted by Crippen LogP contribution is -2.29. The Bertz CT molecular complexity index is 1730. The van der Waals surface area contributed by atoms with Gasteiger partial charge in [0.2, 0.25) is 5.52 Å². The number of aryl methyl sites for hydroxylation is 4. The van der Waals surface area contributed by atoms with Gasteiger partial charge in [0, 0.05) is 16.8 Å². The number of benzene rings is 3. The molecular weight excluding hydrogens is 400 g/mol. The molecule has 0 N–H and O–H groups in total. The lowest BCUT2D eigenvalue weighted by Gasteiger charge is -2.16. The first kappa shape index (κ1) is 19.3. The number of rotatable bonds is 2. The van der Waals surface area contributed by atoms with Crippen molar-refractivity contribution in [1.82, 2.24) is 4.40 Å². The molecule has 3 aromatic heterocycles. The Morgan fingerprint density at radius 1 is 0.879 bits per heavy atom. The second kappa shape index (κ2) is 6.70. The molecule has 7 rings (SSSR count). The van der Waals surface area contributed by atoms with Crippen molar-refractivity contribution >= 4 is 49.0 Å². The summed E-state index contributed by atoms with van der Waals surface area (Å²) in [6, 6.07) is 16.5. The molecule has 1 aliphatic carbocycles. The van der Waals surface area contributed by atoms with Crippen LogP contribution < -0.4 is 4.57 Å². The standard InChI is InChI=1S/C31H31N2/c1-18-8-7-11-24-25-14-19(2)20(3)27-30(25)33(29(18)24)26-17-22(15-21-9-5-6-10-21)16-23-12-13-32(4)31(27)28(23)26/h7-8,11-14,16-17,21H,5-6,9-10,15H2,1-4H3/q+1. The molecule has 0 atom stereocenters. The Hall–Kier alpha value is -3.13. The van der Waals surface area contributed by atoms with E-state index in [1.54, 1.807) is 0 Å². The molecule has 164 valence electrons. The molecule has 0 unspecified atom stereocenters. The molecule has 0 radical (unpaired) electrons. The summed E-state index contributed by atoms with van der Waals surface area (Å²) in [7, 11) is 2.21. The summed E-state index contributed by atoms with van der Waals surface area (Å²) in [6.07, 6.45) is 9.05. The van der Waals surface area contributed by atoms with Crippen LogP contribution in [0.5, 0.6) is 0 Å². The van der Waals surface area contributed by atoms with Crippen molar-refractivity contribution in [3.05, 3.63) is 70.9 Å². The maximum atomic E-state index is 2.61. The van der Waals surface area contributed by atoms with Crippen LogP contribution in [0.2, 0.25) is 0 Å². The van der Waals surface area contributed by atoms with Crippen molar-refractivity contribution < 1.29 is 4.57 Å². The minimum atomic E-state index is 0.845. The van der Waals surface area contributed by atoms with Gasteiger partial charge >= 0.3 is 0 Å². The topological polar surface area (TPSA) is 8.29 Å². The lowest BCUT2D eigenvalue weighted by atomic mass is 9.93. The SMILES string of the molecule is Cc1cc2c3cccc(C)c3n3c4cc(CC5CCCC5)cc5cc[n+](C)c(c(c1C)c23)c54. The first-order valence-electron chi connectivity index (χ1n) is 12.5. The normalized spacial score (nSPS) is 15.4. The van der Waals surface area contributed by atoms with Gasteiger partial charge in [-0.05, 0) is 72.9 Å². The van der Waals surface area contributed by atoms with Gasteiger partial charge in [-0.1, -0.05) is 49.9 Å². The third kappa shape index (κ3) is 2.52. The van der Waals surface area contributed by atoms with Gasteiger partial charge in [-0.25, -0.2) is 4.57 Å². The summed E-state index contributed by atoms with van der Waals surface area (Å²) in [5.74, 6) is 0.845. The Labute approximate surface area is 194 Å². The molecular formula is C31H31N2+. The van der Waals surface area contributed by atoms with Crippen molar-refractivity contribution in [2.75, 3.05) is 0 Å². The number of nitrogens with zero attached hydrogens (tertiary/aromatic N) is 2. The molecule has 33 heavy (non-hydrogen) atoms. The van der Waals surface area contributed by atoms with Crippen LogP contribution in [0, 0.1) is 26.7 Å². The van der Waals surface area contributed by atoms with Gasteiger partial charge in [0.15, 0.2) is 6.20 Å². The summed E-state index contributed by atoms with van der Waals surface area (Å²) in [5, 5.41) is 6.95. The molecule has 1 aliphatic rings. The number of fused-ring (bicyclic) bond motifs is 5. The summed E-state index contributed by atoms with van der Waals surface area (Å²) in [4.78, 5) is 0. The van der Waals surface area contributed by atoms with E-state index in [0.717, 1.165) is 5.92 Å². The average molecular weight is 432 g/mol. The Morgan fingerprint density at radius 2 is 1.70 bits per heavy atom. The molecule has 3 aromatic carbocycles. The van der Waals surface area contributed by atoms with Gasteiger partial charge in [-0.3, -0.25) is 0 Å². The van der Waals surface area contributed by atoms with Crippen LogP contribution in [0.4, 0.5) is 0 Å². The average Bonchev–Trinajstić information content (AvgIpc) is 3.42. The van der Waals surface area contributed by atoms with Crippen molar-refractivity contribution in [3.63, 3.8) is 0 Å². The maximum Gasteiger partial charge on any atom is 0.224 e. The molecule has 3 heterocycles. The second-order valence-corrected chi connectivity index (χ2v) is 10.6. The molecule has 2 nitrogen and oxygen atoms in total. The lowest BCUT2D eigenvalue weighted by molar-refractivity contribution is -0.643. The van der Waals surface area contributed by atoms with E-state index >= 15 is 0 Å². The first-order valence-corrected chi connectivity index (χ1v) is 12.5. The minimum Gasteiger partial charge on any atom is -0.307 e. The Kier molecular flexibility index (Phi) is 3.93. The summed E-state index contributed by atoms with van der Waals surface area (Å²) in [6.45, 7) is 6.84. The smallest absolute Gasteiger partial charge is 0.224 e. The van der Waals surface area contributed by atoms with Gasteiger partial charge in [-0.2, -0.15) is 0 Å². The van der Waals surface area contributed by atoms with Crippen LogP contribution >= 0.6 is 0 Å². The van der Waals surface area contributed by atoms with Gasteiger partial charge in [-0.15, -0.1) is 0 Å². The monoisotopic (exact) mass is 431 g/mol. The summed E-state index contributed by atoms with van der Waals surface area (Å²) in [5.41, 5.74) is 11.1. The van der Waals surface area contributed by atoms with E-state index in [2.05, 4.69) is 85.4 Å². The van der Waals surface area contributed by atoms with E-state index in [4.69, 9.17) is 0 Å². The van der Waals surface area contributed by atoms with Gasteiger partial charge in [0.1, 0.15) is 7.05 Å². The Balaban J connectivity index is 1.77. The highest BCUT2D eigenvalue weighted by Gasteiger charge is 2.26. The predicted molar refractivity (Wildman–Crippen MR) is 140 cm³/mol. The zero-order valence-electron chi connectivity index (χ0n) is 20.1. The molecule has 0 bridgehead atoms. The number of aromatic nitrogens is 2. The third-order valence-corrected chi connectivity index (χ3v) is 8.55. The fourth-order valence-corrected chi connectivity index (χ4v) is 6.84. The van der Waals surface area contributed by atoms with E-state index in [0.29, 0.717) is 0 Å². The summed E-state index contributed by atoms with van der Waals surface area (Å²) < 4.78 is 4.95. The highest BCUT2D eigenvalue weighted by Crippen LogP contribution is 2.43. The molecule has 0 amide bonds. The first-order chi connectivity index (χ1) is 16.0. The van der Waals surface area contributed by atoms with Gasteiger partial charge in [0.25, 0.3) is 0 Å². The quantitative estimate of drug-likeness (QED) is 0.153. The van der Waals surface area contributed by atoms with E-state index in [-0.39, 0.29) is 0 Å². The Morgan fingerprint density at radius 3 is 2.52 bits per heavy atom. The number of hydrogen-bond acceptors (Lipinski definition) is 0. The number of para-hydroxylation sites is 1. The van der Waals surface area contributed by atoms with Crippen molar-refractivity contribution in [3.8, 4) is 0 Å². The number of pyridine rings is 2. The molecule has 0 aliphatic heterocycles. The van der Waals surface area contributed by atoms with Crippen LogP contribution in [-0.4, -0.2) is 4.40 Å². The van der Waals surface area contributed by atoms with E-state index in [1.165, 1.54) is 103 Å².